The second-order valence-corrected chi connectivity index (χ2v) is 7.73. The second-order valence-electron chi connectivity index (χ2n) is 7.73. The number of ether oxygens (including phenoxy) is 2. The summed E-state index contributed by atoms with van der Waals surface area (Å²) in [5, 5.41) is 21.6. The maximum absolute atomic E-state index is 13.2. The molecule has 0 aliphatic carbocycles. The summed E-state index contributed by atoms with van der Waals surface area (Å²) in [6.07, 6.45) is 1.53. The first-order chi connectivity index (χ1) is 18.1. The number of rotatable bonds is 8. The highest BCUT2D eigenvalue weighted by Crippen LogP contribution is 2.29. The molecule has 0 aliphatic rings. The average molecular weight is 499 g/mol. The Hall–Kier alpha value is -5.26. The lowest BCUT2D eigenvalue weighted by Gasteiger charge is -2.09. The van der Waals surface area contributed by atoms with Gasteiger partial charge in [-0.25, -0.2) is 10.1 Å². The van der Waals surface area contributed by atoms with Crippen LogP contribution in [-0.4, -0.2) is 51.1 Å². The number of nitrogen functional groups attached to an aromatic ring is 1. The van der Waals surface area contributed by atoms with Crippen molar-refractivity contribution in [3.05, 3.63) is 71.9 Å². The monoisotopic (exact) mass is 498 g/mol. The van der Waals surface area contributed by atoms with E-state index in [4.69, 9.17) is 19.8 Å². The number of hydrazone groups is 1. The fourth-order valence-electron chi connectivity index (χ4n) is 3.85. The first-order valence-corrected chi connectivity index (χ1v) is 11.3. The van der Waals surface area contributed by atoms with Crippen LogP contribution in [0, 0.1) is 0 Å². The summed E-state index contributed by atoms with van der Waals surface area (Å²) in [5.41, 5.74) is 10.0. The maximum Gasteiger partial charge on any atom is 0.294 e. The standard InChI is InChI=1S/C25H22N8O4/c1-3-36-17-11-8-16(9-12-17)22-21(28-32-33(22)24-23(26)30-37-31-24)25(34)29-27-14-19-18-7-5-4-6-15(18)10-13-20(19)35-2/h4-14H,3H2,1-2H3,(H2,26,30)(H,29,34)/b27-14+. The molecule has 0 aliphatic heterocycles. The molecular weight excluding hydrogens is 476 g/mol. The number of nitrogens with zero attached hydrogens (tertiary/aromatic N) is 6. The number of hydrogen-bond acceptors (Lipinski definition) is 10. The molecule has 12 nitrogen and oxygen atoms in total. The van der Waals surface area contributed by atoms with Crippen molar-refractivity contribution in [2.45, 2.75) is 6.92 Å². The van der Waals surface area contributed by atoms with Gasteiger partial charge in [-0.2, -0.15) is 9.78 Å². The van der Waals surface area contributed by atoms with Gasteiger partial charge in [-0.3, -0.25) is 4.79 Å². The highest BCUT2D eigenvalue weighted by atomic mass is 16.6. The number of carbonyl (C=O) groups excluding carboxylic acids is 1. The van der Waals surface area contributed by atoms with Crippen molar-refractivity contribution in [2.24, 2.45) is 5.10 Å². The number of anilines is 1. The summed E-state index contributed by atoms with van der Waals surface area (Å²) in [6.45, 7) is 2.41. The third kappa shape index (κ3) is 4.55. The predicted octanol–water partition coefficient (Wildman–Crippen LogP) is 3.22. The number of aromatic nitrogens is 5. The van der Waals surface area contributed by atoms with Gasteiger partial charge in [-0.1, -0.05) is 35.5 Å². The molecule has 0 atom stereocenters. The Balaban J connectivity index is 1.50. The van der Waals surface area contributed by atoms with Crippen molar-refractivity contribution in [3.63, 3.8) is 0 Å². The molecule has 2 aromatic heterocycles. The van der Waals surface area contributed by atoms with Gasteiger partial charge in [-0.15, -0.1) is 5.10 Å². The summed E-state index contributed by atoms with van der Waals surface area (Å²) < 4.78 is 17.0. The van der Waals surface area contributed by atoms with Crippen molar-refractivity contribution in [1.82, 2.24) is 30.7 Å². The zero-order valence-electron chi connectivity index (χ0n) is 20.0. The summed E-state index contributed by atoms with van der Waals surface area (Å²) in [6, 6.07) is 18.7. The van der Waals surface area contributed by atoms with E-state index in [0.717, 1.165) is 16.3 Å². The molecular formula is C25H22N8O4. The summed E-state index contributed by atoms with van der Waals surface area (Å²) in [7, 11) is 1.58. The fourth-order valence-corrected chi connectivity index (χ4v) is 3.85. The Morgan fingerprint density at radius 3 is 2.68 bits per heavy atom. The van der Waals surface area contributed by atoms with Gasteiger partial charge < -0.3 is 15.2 Å². The van der Waals surface area contributed by atoms with Crippen LogP contribution in [0.4, 0.5) is 5.82 Å². The predicted molar refractivity (Wildman–Crippen MR) is 136 cm³/mol. The Kier molecular flexibility index (Phi) is 6.45. The number of fused-ring (bicyclic) bond motifs is 1. The molecule has 0 unspecified atom stereocenters. The number of benzene rings is 3. The number of carbonyl (C=O) groups is 1. The number of methoxy groups -OCH3 is 1. The zero-order chi connectivity index (χ0) is 25.8. The maximum atomic E-state index is 13.2. The minimum Gasteiger partial charge on any atom is -0.496 e. The van der Waals surface area contributed by atoms with Gasteiger partial charge in [-0.05, 0) is 58.3 Å². The van der Waals surface area contributed by atoms with Crippen LogP contribution in [0.5, 0.6) is 11.5 Å². The van der Waals surface area contributed by atoms with Crippen LogP contribution in [-0.2, 0) is 0 Å². The SMILES string of the molecule is CCOc1ccc(-c2c(C(=O)N/N=C/c3c(OC)ccc4ccccc34)nnn2-c2nonc2N)cc1. The number of nitrogens with one attached hydrogen (secondary N) is 1. The van der Waals surface area contributed by atoms with Gasteiger partial charge >= 0.3 is 0 Å². The van der Waals surface area contributed by atoms with Crippen molar-refractivity contribution in [1.29, 1.82) is 0 Å². The summed E-state index contributed by atoms with van der Waals surface area (Å²) in [5.74, 6) is 0.782. The van der Waals surface area contributed by atoms with E-state index < -0.39 is 5.91 Å². The van der Waals surface area contributed by atoms with Gasteiger partial charge in [0, 0.05) is 11.1 Å². The van der Waals surface area contributed by atoms with E-state index in [9.17, 15) is 4.79 Å². The van der Waals surface area contributed by atoms with Gasteiger partial charge in [0.05, 0.1) is 19.9 Å². The number of amides is 1. The van der Waals surface area contributed by atoms with Crippen LogP contribution >= 0.6 is 0 Å². The lowest BCUT2D eigenvalue weighted by Crippen LogP contribution is -2.19. The Labute approximate surface area is 210 Å². The molecule has 3 N–H and O–H groups in total. The normalized spacial score (nSPS) is 11.2. The first-order valence-electron chi connectivity index (χ1n) is 11.3. The average Bonchev–Trinajstić information content (AvgIpc) is 3.55. The molecule has 1 amide bonds. The summed E-state index contributed by atoms with van der Waals surface area (Å²) in [4.78, 5) is 13.2. The van der Waals surface area contributed by atoms with E-state index in [1.807, 2.05) is 43.3 Å². The molecule has 5 rings (SSSR count). The van der Waals surface area contributed by atoms with Crippen molar-refractivity contribution in [2.75, 3.05) is 19.5 Å². The van der Waals surface area contributed by atoms with Crippen LogP contribution < -0.4 is 20.6 Å². The Bertz CT molecular complexity index is 1590. The number of hydrogen-bond donors (Lipinski definition) is 2. The molecule has 186 valence electrons. The molecule has 0 fully saturated rings. The lowest BCUT2D eigenvalue weighted by molar-refractivity contribution is 0.0950. The van der Waals surface area contributed by atoms with E-state index >= 15 is 0 Å². The van der Waals surface area contributed by atoms with E-state index in [-0.39, 0.29) is 17.3 Å². The highest BCUT2D eigenvalue weighted by molar-refractivity contribution is 6.03. The lowest BCUT2D eigenvalue weighted by atomic mass is 10.0. The molecule has 0 saturated carbocycles. The van der Waals surface area contributed by atoms with Gasteiger partial charge in [0.15, 0.2) is 5.69 Å². The van der Waals surface area contributed by atoms with Gasteiger partial charge in [0.2, 0.25) is 11.6 Å². The molecule has 0 bridgehead atoms. The number of nitrogens with two attached hydrogens (primary N) is 1. The van der Waals surface area contributed by atoms with Crippen LogP contribution in [0.15, 0.2) is 70.4 Å². The third-order valence-electron chi connectivity index (χ3n) is 5.53. The molecule has 37 heavy (non-hydrogen) atoms. The van der Waals surface area contributed by atoms with E-state index in [1.54, 1.807) is 31.4 Å². The topological polar surface area (TPSA) is 156 Å². The molecule has 0 saturated heterocycles. The van der Waals surface area contributed by atoms with E-state index in [2.05, 4.69) is 31.2 Å². The molecule has 2 heterocycles. The van der Waals surface area contributed by atoms with Crippen LogP contribution in [0.25, 0.3) is 27.8 Å². The Morgan fingerprint density at radius 1 is 1.14 bits per heavy atom. The molecule has 3 aromatic carbocycles. The van der Waals surface area contributed by atoms with Crippen molar-refractivity contribution < 1.29 is 18.9 Å². The minimum absolute atomic E-state index is 0.00593. The minimum atomic E-state index is -0.597. The quantitative estimate of drug-likeness (QED) is 0.242. The molecule has 0 spiro atoms. The third-order valence-corrected chi connectivity index (χ3v) is 5.53. The molecule has 0 radical (unpaired) electrons. The second kappa shape index (κ2) is 10.2. The van der Waals surface area contributed by atoms with Gasteiger partial charge in [0.1, 0.15) is 17.2 Å². The summed E-state index contributed by atoms with van der Waals surface area (Å²) >= 11 is 0. The van der Waals surface area contributed by atoms with Gasteiger partial charge in [0.25, 0.3) is 5.91 Å². The van der Waals surface area contributed by atoms with Crippen molar-refractivity contribution in [3.8, 4) is 28.6 Å². The first kappa shape index (κ1) is 23.5. The van der Waals surface area contributed by atoms with E-state index in [1.165, 1.54) is 10.9 Å². The van der Waals surface area contributed by atoms with E-state index in [0.29, 0.717) is 29.4 Å². The Morgan fingerprint density at radius 2 is 1.95 bits per heavy atom. The molecule has 12 heteroatoms. The van der Waals surface area contributed by atoms with Crippen LogP contribution in [0.2, 0.25) is 0 Å². The van der Waals surface area contributed by atoms with Crippen molar-refractivity contribution >= 4 is 28.7 Å². The molecule has 5 aromatic rings. The zero-order valence-corrected chi connectivity index (χ0v) is 20.0. The largest absolute Gasteiger partial charge is 0.496 e. The highest BCUT2D eigenvalue weighted by Gasteiger charge is 2.25. The fraction of sp³-hybridized carbons (Fsp3) is 0.120. The smallest absolute Gasteiger partial charge is 0.294 e. The van der Waals surface area contributed by atoms with Crippen LogP contribution in [0.3, 0.4) is 0 Å². The van der Waals surface area contributed by atoms with Crippen LogP contribution in [0.1, 0.15) is 23.0 Å².